The number of hydrogen-bond donors (Lipinski definition) is 1. The van der Waals surface area contributed by atoms with Crippen molar-refractivity contribution in [2.24, 2.45) is 5.92 Å². The van der Waals surface area contributed by atoms with Gasteiger partial charge in [0.15, 0.2) is 0 Å². The van der Waals surface area contributed by atoms with Crippen molar-refractivity contribution in [2.45, 2.75) is 25.9 Å². The molecule has 1 N–H and O–H groups in total. The van der Waals surface area contributed by atoms with E-state index in [0.29, 0.717) is 30.4 Å². The van der Waals surface area contributed by atoms with Crippen molar-refractivity contribution in [3.63, 3.8) is 0 Å². The van der Waals surface area contributed by atoms with Crippen LogP contribution in [0, 0.1) is 11.7 Å². The molecule has 0 unspecified atom stereocenters. The first kappa shape index (κ1) is 19.2. The van der Waals surface area contributed by atoms with Crippen LogP contribution in [0.25, 0.3) is 11.4 Å². The highest BCUT2D eigenvalue weighted by Gasteiger charge is 2.25. The Hall–Kier alpha value is -3.13. The van der Waals surface area contributed by atoms with Crippen LogP contribution in [0.5, 0.6) is 0 Å². The van der Waals surface area contributed by atoms with Crippen molar-refractivity contribution in [2.75, 3.05) is 13.1 Å². The summed E-state index contributed by atoms with van der Waals surface area (Å²) in [5.74, 6) is 0.767. The van der Waals surface area contributed by atoms with Crippen molar-refractivity contribution >= 4 is 5.91 Å². The molecule has 0 radical (unpaired) electrons. The van der Waals surface area contributed by atoms with Gasteiger partial charge in [-0.15, -0.1) is 0 Å². The maximum Gasteiger partial charge on any atom is 0.241 e. The quantitative estimate of drug-likeness (QED) is 0.691. The van der Waals surface area contributed by atoms with Gasteiger partial charge in [-0.25, -0.2) is 4.39 Å². The molecule has 1 aromatic carbocycles. The number of carbonyl (C=O) groups excluding carboxylic acids is 1. The summed E-state index contributed by atoms with van der Waals surface area (Å²) in [6.07, 6.45) is 5.05. The summed E-state index contributed by atoms with van der Waals surface area (Å²) in [5.41, 5.74) is 1.71. The molecule has 0 atom stereocenters. The second-order valence-corrected chi connectivity index (χ2v) is 7.15. The van der Waals surface area contributed by atoms with Gasteiger partial charge < -0.3 is 9.84 Å². The van der Waals surface area contributed by atoms with Crippen molar-refractivity contribution in [1.82, 2.24) is 25.3 Å². The van der Waals surface area contributed by atoms with Crippen molar-refractivity contribution < 1.29 is 13.7 Å². The van der Waals surface area contributed by atoms with E-state index in [-0.39, 0.29) is 17.6 Å². The molecule has 8 heteroatoms. The van der Waals surface area contributed by atoms with E-state index >= 15 is 0 Å². The van der Waals surface area contributed by atoms with Crippen LogP contribution in [-0.2, 0) is 17.9 Å². The highest BCUT2D eigenvalue weighted by Crippen LogP contribution is 2.21. The second-order valence-electron chi connectivity index (χ2n) is 7.15. The molecule has 7 nitrogen and oxygen atoms in total. The van der Waals surface area contributed by atoms with Crippen molar-refractivity contribution in [1.29, 1.82) is 0 Å². The lowest BCUT2D eigenvalue weighted by Crippen LogP contribution is -2.40. The average molecular weight is 395 g/mol. The molecular formula is C21H22FN5O2. The maximum absolute atomic E-state index is 13.0. The van der Waals surface area contributed by atoms with Gasteiger partial charge >= 0.3 is 0 Å². The van der Waals surface area contributed by atoms with Crippen LogP contribution in [-0.4, -0.2) is 39.0 Å². The Morgan fingerprint density at radius 1 is 1.21 bits per heavy atom. The zero-order valence-electron chi connectivity index (χ0n) is 15.9. The first-order chi connectivity index (χ1) is 14.2. The molecule has 29 heavy (non-hydrogen) atoms. The number of amides is 1. The topological polar surface area (TPSA) is 84.2 Å². The molecule has 1 amide bonds. The Morgan fingerprint density at radius 2 is 2.00 bits per heavy atom. The molecule has 2 aromatic heterocycles. The third-order valence-corrected chi connectivity index (χ3v) is 5.08. The maximum atomic E-state index is 13.0. The molecule has 0 spiro atoms. The van der Waals surface area contributed by atoms with E-state index in [9.17, 15) is 9.18 Å². The normalized spacial score (nSPS) is 15.3. The number of pyridine rings is 1. The first-order valence-corrected chi connectivity index (χ1v) is 9.65. The van der Waals surface area contributed by atoms with Crippen LogP contribution in [0.3, 0.4) is 0 Å². The summed E-state index contributed by atoms with van der Waals surface area (Å²) in [5, 5.41) is 6.97. The molecule has 1 saturated heterocycles. The minimum absolute atomic E-state index is 0.0142. The first-order valence-electron chi connectivity index (χ1n) is 9.65. The molecule has 0 saturated carbocycles. The van der Waals surface area contributed by atoms with E-state index < -0.39 is 0 Å². The van der Waals surface area contributed by atoms with Crippen LogP contribution in [0.1, 0.15) is 24.3 Å². The summed E-state index contributed by atoms with van der Waals surface area (Å²) >= 11 is 0. The molecule has 1 aliphatic heterocycles. The van der Waals surface area contributed by atoms with E-state index in [1.54, 1.807) is 24.5 Å². The van der Waals surface area contributed by atoms with Gasteiger partial charge in [-0.2, -0.15) is 4.98 Å². The van der Waals surface area contributed by atoms with Gasteiger partial charge in [-0.3, -0.25) is 14.7 Å². The van der Waals surface area contributed by atoms with Crippen LogP contribution in [0.15, 0.2) is 53.3 Å². The predicted molar refractivity (Wildman–Crippen MR) is 104 cm³/mol. The Kier molecular flexibility index (Phi) is 5.90. The van der Waals surface area contributed by atoms with E-state index in [0.717, 1.165) is 31.5 Å². The van der Waals surface area contributed by atoms with Gasteiger partial charge in [0.05, 0.1) is 6.54 Å². The Labute approximate surface area is 168 Å². The third-order valence-electron chi connectivity index (χ3n) is 5.08. The lowest BCUT2D eigenvalue weighted by atomic mass is 9.96. The van der Waals surface area contributed by atoms with Gasteiger partial charge in [0.1, 0.15) is 5.82 Å². The molecular weight excluding hydrogens is 373 g/mol. The highest BCUT2D eigenvalue weighted by atomic mass is 19.1. The number of benzene rings is 1. The molecule has 0 bridgehead atoms. The van der Waals surface area contributed by atoms with Gasteiger partial charge in [0.2, 0.25) is 17.6 Å². The number of aromatic nitrogens is 3. The number of nitrogens with zero attached hydrogens (tertiary/aromatic N) is 4. The van der Waals surface area contributed by atoms with Gasteiger partial charge in [-0.05, 0) is 61.8 Å². The largest absolute Gasteiger partial charge is 0.352 e. The second kappa shape index (κ2) is 8.91. The predicted octanol–water partition coefficient (Wildman–Crippen LogP) is 2.80. The van der Waals surface area contributed by atoms with Crippen LogP contribution < -0.4 is 5.32 Å². The monoisotopic (exact) mass is 395 g/mol. The number of hydrogen-bond acceptors (Lipinski definition) is 6. The summed E-state index contributed by atoms with van der Waals surface area (Å²) in [6.45, 7) is 2.62. The minimum Gasteiger partial charge on any atom is -0.352 e. The fraction of sp³-hybridized carbons (Fsp3) is 0.333. The Morgan fingerprint density at radius 3 is 2.72 bits per heavy atom. The standard InChI is InChI=1S/C21H22FN5O2/c22-18-5-3-16(4-6-18)20-25-19(29-26-20)14-27-10-7-17(8-11-27)21(28)24-13-15-2-1-9-23-12-15/h1-6,9,12,17H,7-8,10-11,13-14H2,(H,24,28). The lowest BCUT2D eigenvalue weighted by Gasteiger charge is -2.30. The summed E-state index contributed by atoms with van der Waals surface area (Å²) in [7, 11) is 0. The SMILES string of the molecule is O=C(NCc1cccnc1)C1CCN(Cc2nc(-c3ccc(F)cc3)no2)CC1. The van der Waals surface area contributed by atoms with Gasteiger partial charge in [-0.1, -0.05) is 11.2 Å². The van der Waals surface area contributed by atoms with Gasteiger partial charge in [0, 0.05) is 30.4 Å². The number of likely N-dealkylation sites (tertiary alicyclic amines) is 1. The molecule has 1 aliphatic rings. The van der Waals surface area contributed by atoms with E-state index in [1.807, 2.05) is 12.1 Å². The lowest BCUT2D eigenvalue weighted by molar-refractivity contribution is -0.126. The van der Waals surface area contributed by atoms with Crippen LogP contribution >= 0.6 is 0 Å². The fourth-order valence-electron chi connectivity index (χ4n) is 3.42. The molecule has 0 aliphatic carbocycles. The van der Waals surface area contributed by atoms with E-state index in [2.05, 4.69) is 25.3 Å². The molecule has 3 aromatic rings. The summed E-state index contributed by atoms with van der Waals surface area (Å²) in [6, 6.07) is 9.80. The van der Waals surface area contributed by atoms with Crippen LogP contribution in [0.4, 0.5) is 4.39 Å². The summed E-state index contributed by atoms with van der Waals surface area (Å²) < 4.78 is 18.4. The molecule has 3 heterocycles. The fourth-order valence-corrected chi connectivity index (χ4v) is 3.42. The Bertz CT molecular complexity index is 937. The minimum atomic E-state index is -0.301. The van der Waals surface area contributed by atoms with Crippen molar-refractivity contribution in [3.8, 4) is 11.4 Å². The third kappa shape index (κ3) is 5.03. The van der Waals surface area contributed by atoms with E-state index in [1.165, 1.54) is 12.1 Å². The average Bonchev–Trinajstić information content (AvgIpc) is 3.22. The number of halogens is 1. The summed E-state index contributed by atoms with van der Waals surface area (Å²) in [4.78, 5) is 23.1. The van der Waals surface area contributed by atoms with E-state index in [4.69, 9.17) is 4.52 Å². The smallest absolute Gasteiger partial charge is 0.241 e. The van der Waals surface area contributed by atoms with Gasteiger partial charge in [0.25, 0.3) is 0 Å². The Balaban J connectivity index is 1.25. The molecule has 150 valence electrons. The molecule has 4 rings (SSSR count). The zero-order valence-corrected chi connectivity index (χ0v) is 15.9. The number of piperidine rings is 1. The molecule has 1 fully saturated rings. The van der Waals surface area contributed by atoms with Crippen LogP contribution in [0.2, 0.25) is 0 Å². The zero-order chi connectivity index (χ0) is 20.1. The number of nitrogens with one attached hydrogen (secondary N) is 1. The number of rotatable bonds is 6. The highest BCUT2D eigenvalue weighted by molar-refractivity contribution is 5.78. The van der Waals surface area contributed by atoms with Crippen molar-refractivity contribution in [3.05, 3.63) is 66.1 Å². The number of carbonyl (C=O) groups is 1.